The molecule has 1 rings (SSSR count). The molecule has 0 aliphatic carbocycles. The molecule has 1 aliphatic heterocycles. The van der Waals surface area contributed by atoms with Crippen molar-refractivity contribution in [1.82, 2.24) is 4.90 Å². The Hall–Kier alpha value is -0.0400. The Morgan fingerprint density at radius 3 is 2.15 bits per heavy atom. The van der Waals surface area contributed by atoms with E-state index in [0.29, 0.717) is 0 Å². The fraction of sp³-hybridized carbons (Fsp3) is 1.00. The third-order valence-corrected chi connectivity index (χ3v) is 2.61. The molecule has 13 heavy (non-hydrogen) atoms. The zero-order valence-corrected chi connectivity index (χ0v) is 9.97. The van der Waals surface area contributed by atoms with E-state index < -0.39 is 0 Å². The molecule has 0 N–H and O–H groups in total. The third-order valence-electron chi connectivity index (χ3n) is 2.61. The lowest BCUT2D eigenvalue weighted by Crippen LogP contribution is -2.43. The van der Waals surface area contributed by atoms with Crippen molar-refractivity contribution in [3.63, 3.8) is 0 Å². The summed E-state index contributed by atoms with van der Waals surface area (Å²) < 4.78 is 0. The second kappa shape index (κ2) is 8.55. The Kier molecular flexibility index (Phi) is 8.53. The van der Waals surface area contributed by atoms with Gasteiger partial charge in [-0.15, -0.1) is 0 Å². The molecule has 0 atom stereocenters. The first-order chi connectivity index (χ1) is 6.33. The summed E-state index contributed by atoms with van der Waals surface area (Å²) in [6, 6.07) is 0. The largest absolute Gasteiger partial charge is 0.306 e. The van der Waals surface area contributed by atoms with Crippen LogP contribution in [-0.2, 0) is 0 Å². The van der Waals surface area contributed by atoms with Crippen LogP contribution in [0.4, 0.5) is 0 Å². The van der Waals surface area contributed by atoms with Crippen LogP contribution in [0.25, 0.3) is 0 Å². The molecule has 1 nitrogen and oxygen atoms in total. The highest BCUT2D eigenvalue weighted by atomic mass is 15.2. The van der Waals surface area contributed by atoms with Crippen molar-refractivity contribution >= 4 is 0 Å². The van der Waals surface area contributed by atoms with Crippen molar-refractivity contribution in [2.45, 2.75) is 52.9 Å². The summed E-state index contributed by atoms with van der Waals surface area (Å²) in [4.78, 5) is 2.41. The Morgan fingerprint density at radius 1 is 1.08 bits per heavy atom. The van der Waals surface area contributed by atoms with E-state index in [-0.39, 0.29) is 0 Å². The molecule has 1 fully saturated rings. The summed E-state index contributed by atoms with van der Waals surface area (Å²) in [5.41, 5.74) is 0. The maximum absolute atomic E-state index is 2.41. The molecule has 0 radical (unpaired) electrons. The van der Waals surface area contributed by atoms with Crippen molar-refractivity contribution in [3.8, 4) is 0 Å². The van der Waals surface area contributed by atoms with Gasteiger partial charge in [0, 0.05) is 13.1 Å². The van der Waals surface area contributed by atoms with Gasteiger partial charge in [0.2, 0.25) is 0 Å². The summed E-state index contributed by atoms with van der Waals surface area (Å²) in [6.07, 6.45) is 7.19. The Balaban J connectivity index is 0.000000671. The van der Waals surface area contributed by atoms with E-state index in [1.807, 2.05) is 13.8 Å². The van der Waals surface area contributed by atoms with Crippen LogP contribution < -0.4 is 0 Å². The maximum Gasteiger partial charge on any atom is 0.00190 e. The summed E-state index contributed by atoms with van der Waals surface area (Å²) in [5, 5.41) is 0. The number of hydrogen-bond donors (Lipinski definition) is 0. The van der Waals surface area contributed by atoms with Gasteiger partial charge in [0.05, 0.1) is 0 Å². The number of nitrogens with zero attached hydrogens (tertiary/aromatic N) is 1. The van der Waals surface area contributed by atoms with Crippen LogP contribution in [0.15, 0.2) is 0 Å². The zero-order valence-electron chi connectivity index (χ0n) is 9.97. The number of likely N-dealkylation sites (tertiary alicyclic amines) is 1. The SMILES string of the molecule is CC.CCCCCCC1CN(C)C1. The van der Waals surface area contributed by atoms with Gasteiger partial charge in [-0.1, -0.05) is 46.5 Å². The molecule has 0 spiro atoms. The second-order valence-electron chi connectivity index (χ2n) is 3.94. The molecular weight excluding hydrogens is 158 g/mol. The number of unbranched alkanes of at least 4 members (excludes halogenated alkanes) is 3. The topological polar surface area (TPSA) is 3.24 Å². The van der Waals surface area contributed by atoms with E-state index in [1.54, 1.807) is 0 Å². The van der Waals surface area contributed by atoms with Crippen molar-refractivity contribution in [3.05, 3.63) is 0 Å². The molecule has 80 valence electrons. The molecule has 1 saturated heterocycles. The minimum atomic E-state index is 1.04. The van der Waals surface area contributed by atoms with E-state index in [4.69, 9.17) is 0 Å². The Morgan fingerprint density at radius 2 is 1.69 bits per heavy atom. The minimum Gasteiger partial charge on any atom is -0.306 e. The summed E-state index contributed by atoms with van der Waals surface area (Å²) in [7, 11) is 2.21. The monoisotopic (exact) mass is 185 g/mol. The standard InChI is InChI=1S/C10H21N.C2H6/c1-3-4-5-6-7-10-8-11(2)9-10;1-2/h10H,3-9H2,1-2H3;1-2H3. The highest BCUT2D eigenvalue weighted by molar-refractivity contribution is 4.76. The van der Waals surface area contributed by atoms with Crippen molar-refractivity contribution < 1.29 is 0 Å². The van der Waals surface area contributed by atoms with Crippen LogP contribution in [0, 0.1) is 5.92 Å². The van der Waals surface area contributed by atoms with Crippen molar-refractivity contribution in [1.29, 1.82) is 0 Å². The third kappa shape index (κ3) is 6.09. The molecule has 0 saturated carbocycles. The molecule has 1 aliphatic rings. The van der Waals surface area contributed by atoms with E-state index in [9.17, 15) is 0 Å². The smallest absolute Gasteiger partial charge is 0.00190 e. The summed E-state index contributed by atoms with van der Waals surface area (Å²) in [5.74, 6) is 1.04. The predicted molar refractivity (Wildman–Crippen MR) is 61.1 cm³/mol. The van der Waals surface area contributed by atoms with E-state index >= 15 is 0 Å². The second-order valence-corrected chi connectivity index (χ2v) is 3.94. The van der Waals surface area contributed by atoms with E-state index in [1.165, 1.54) is 45.2 Å². The molecule has 0 aromatic carbocycles. The van der Waals surface area contributed by atoms with Gasteiger partial charge in [-0.05, 0) is 19.4 Å². The van der Waals surface area contributed by atoms with Crippen molar-refractivity contribution in [2.24, 2.45) is 5.92 Å². The van der Waals surface area contributed by atoms with Gasteiger partial charge in [0.15, 0.2) is 0 Å². The number of hydrogen-bond acceptors (Lipinski definition) is 1. The van der Waals surface area contributed by atoms with Gasteiger partial charge in [-0.3, -0.25) is 0 Å². The molecule has 0 bridgehead atoms. The Labute approximate surface area is 84.5 Å². The van der Waals surface area contributed by atoms with Gasteiger partial charge in [0.25, 0.3) is 0 Å². The van der Waals surface area contributed by atoms with Crippen LogP contribution in [0.1, 0.15) is 52.9 Å². The molecule has 1 heteroatoms. The first-order valence-electron chi connectivity index (χ1n) is 6.01. The fourth-order valence-corrected chi connectivity index (χ4v) is 1.87. The minimum absolute atomic E-state index is 1.04. The maximum atomic E-state index is 2.41. The van der Waals surface area contributed by atoms with E-state index in [2.05, 4.69) is 18.9 Å². The first kappa shape index (κ1) is 13.0. The summed E-state index contributed by atoms with van der Waals surface area (Å²) in [6.45, 7) is 8.98. The van der Waals surface area contributed by atoms with Crippen LogP contribution in [0.3, 0.4) is 0 Å². The van der Waals surface area contributed by atoms with Crippen LogP contribution in [0.2, 0.25) is 0 Å². The van der Waals surface area contributed by atoms with Crippen molar-refractivity contribution in [2.75, 3.05) is 20.1 Å². The Bertz CT molecular complexity index is 95.3. The number of rotatable bonds is 5. The average Bonchev–Trinajstić information content (AvgIpc) is 2.12. The van der Waals surface area contributed by atoms with Gasteiger partial charge in [-0.25, -0.2) is 0 Å². The lowest BCUT2D eigenvalue weighted by molar-refractivity contribution is 0.124. The summed E-state index contributed by atoms with van der Waals surface area (Å²) >= 11 is 0. The highest BCUT2D eigenvalue weighted by Crippen LogP contribution is 2.19. The zero-order chi connectivity index (χ0) is 10.1. The van der Waals surface area contributed by atoms with Crippen LogP contribution in [-0.4, -0.2) is 25.0 Å². The van der Waals surface area contributed by atoms with Gasteiger partial charge < -0.3 is 4.90 Å². The quantitative estimate of drug-likeness (QED) is 0.592. The van der Waals surface area contributed by atoms with Gasteiger partial charge in [0.1, 0.15) is 0 Å². The molecule has 0 unspecified atom stereocenters. The molecule has 0 aromatic heterocycles. The lowest BCUT2D eigenvalue weighted by atomic mass is 9.94. The average molecular weight is 185 g/mol. The van der Waals surface area contributed by atoms with Crippen LogP contribution in [0.5, 0.6) is 0 Å². The molecule has 1 heterocycles. The highest BCUT2D eigenvalue weighted by Gasteiger charge is 2.21. The molecule has 0 aromatic rings. The molecule has 0 amide bonds. The fourth-order valence-electron chi connectivity index (χ4n) is 1.87. The normalized spacial score (nSPS) is 17.5. The lowest BCUT2D eigenvalue weighted by Gasteiger charge is -2.36. The van der Waals surface area contributed by atoms with E-state index in [0.717, 1.165) is 5.92 Å². The van der Waals surface area contributed by atoms with Gasteiger partial charge >= 0.3 is 0 Å². The molecular formula is C12H27N. The van der Waals surface area contributed by atoms with Gasteiger partial charge in [-0.2, -0.15) is 0 Å². The first-order valence-corrected chi connectivity index (χ1v) is 6.01. The predicted octanol–water partition coefficient (Wildman–Crippen LogP) is 3.54. The van der Waals surface area contributed by atoms with Crippen LogP contribution >= 0.6 is 0 Å².